The van der Waals surface area contributed by atoms with Gasteiger partial charge in [-0.2, -0.15) is 0 Å². The van der Waals surface area contributed by atoms with Crippen LogP contribution in [0.1, 0.15) is 11.3 Å². The second-order valence-corrected chi connectivity index (χ2v) is 6.44. The number of ether oxygens (including phenoxy) is 3. The van der Waals surface area contributed by atoms with Crippen molar-refractivity contribution in [3.63, 3.8) is 0 Å². The molecule has 1 unspecified atom stereocenters. The average Bonchev–Trinajstić information content (AvgIpc) is 3.16. The van der Waals surface area contributed by atoms with E-state index in [-0.39, 0.29) is 25.3 Å². The molecular weight excluding hydrogens is 403 g/mol. The van der Waals surface area contributed by atoms with Crippen LogP contribution in [0.4, 0.5) is 13.2 Å². The summed E-state index contributed by atoms with van der Waals surface area (Å²) in [6, 6.07) is 4.80. The molecule has 0 spiro atoms. The number of thiazole rings is 1. The number of carboxylic acid groups (broad SMARTS) is 1. The number of aliphatic hydroxyl groups is 1. The highest BCUT2D eigenvalue weighted by molar-refractivity contribution is 7.07. The third kappa shape index (κ3) is 5.64. The molecule has 1 aromatic carbocycles. The molecule has 2 atom stereocenters. The van der Waals surface area contributed by atoms with Gasteiger partial charge < -0.3 is 24.4 Å². The van der Waals surface area contributed by atoms with Crippen molar-refractivity contribution in [3.8, 4) is 5.75 Å². The van der Waals surface area contributed by atoms with Gasteiger partial charge in [0.2, 0.25) is 5.60 Å². The van der Waals surface area contributed by atoms with E-state index in [1.54, 1.807) is 0 Å². The number of aliphatic carboxylic acids is 1. The van der Waals surface area contributed by atoms with E-state index < -0.39 is 29.8 Å². The number of aromatic nitrogens is 1. The summed E-state index contributed by atoms with van der Waals surface area (Å²) in [5, 5.41) is 20.6. The van der Waals surface area contributed by atoms with Crippen LogP contribution >= 0.6 is 11.3 Å². The molecule has 1 aromatic heterocycles. The lowest BCUT2D eigenvalue weighted by Gasteiger charge is -2.30. The number of carbonyl (C=O) groups is 1. The molecule has 0 amide bonds. The molecule has 0 aliphatic carbocycles. The van der Waals surface area contributed by atoms with E-state index in [1.165, 1.54) is 41.5 Å². The van der Waals surface area contributed by atoms with Gasteiger partial charge in [0.25, 0.3) is 0 Å². The molecular formula is C17H18F3NO6S. The summed E-state index contributed by atoms with van der Waals surface area (Å²) in [6.45, 7) is -0.612. The minimum atomic E-state index is -4.82. The van der Waals surface area contributed by atoms with E-state index in [1.807, 2.05) is 0 Å². The van der Waals surface area contributed by atoms with Crippen LogP contribution in [-0.2, 0) is 26.3 Å². The van der Waals surface area contributed by atoms with E-state index in [9.17, 15) is 28.2 Å². The van der Waals surface area contributed by atoms with Crippen molar-refractivity contribution in [1.82, 2.24) is 4.98 Å². The molecule has 0 saturated carbocycles. The molecule has 0 bridgehead atoms. The summed E-state index contributed by atoms with van der Waals surface area (Å²) in [5.74, 6) is -1.76. The van der Waals surface area contributed by atoms with Crippen LogP contribution in [0, 0.1) is 0 Å². The number of rotatable bonds is 10. The SMILES string of the molecule is CO[C@@H](CO)COC(Cc1ccc(OC(F)(F)F)cc1)(C(=O)O)c1cscn1. The fourth-order valence-electron chi connectivity index (χ4n) is 2.40. The lowest BCUT2D eigenvalue weighted by atomic mass is 9.91. The second-order valence-electron chi connectivity index (χ2n) is 5.73. The highest BCUT2D eigenvalue weighted by Crippen LogP contribution is 2.32. The van der Waals surface area contributed by atoms with Gasteiger partial charge in [0.1, 0.15) is 11.9 Å². The van der Waals surface area contributed by atoms with Gasteiger partial charge in [-0.1, -0.05) is 12.1 Å². The van der Waals surface area contributed by atoms with Gasteiger partial charge in [-0.15, -0.1) is 24.5 Å². The van der Waals surface area contributed by atoms with Gasteiger partial charge in [-0.25, -0.2) is 9.78 Å². The Hall–Kier alpha value is -2.21. The Morgan fingerprint density at radius 3 is 2.43 bits per heavy atom. The molecule has 7 nitrogen and oxygen atoms in total. The van der Waals surface area contributed by atoms with Crippen molar-refractivity contribution >= 4 is 17.3 Å². The third-order valence-corrected chi connectivity index (χ3v) is 4.44. The number of hydrogen-bond acceptors (Lipinski definition) is 7. The maximum Gasteiger partial charge on any atom is 0.573 e. The number of halogens is 3. The maximum atomic E-state index is 12.3. The summed E-state index contributed by atoms with van der Waals surface area (Å²) in [4.78, 5) is 16.2. The molecule has 0 radical (unpaired) electrons. The van der Waals surface area contributed by atoms with Gasteiger partial charge in [-0.3, -0.25) is 0 Å². The normalized spacial score (nSPS) is 15.0. The smallest absolute Gasteiger partial charge is 0.479 e. The lowest BCUT2D eigenvalue weighted by molar-refractivity contribution is -0.274. The predicted molar refractivity (Wildman–Crippen MR) is 92.1 cm³/mol. The highest BCUT2D eigenvalue weighted by atomic mass is 32.1. The molecule has 0 aliphatic rings. The van der Waals surface area contributed by atoms with E-state index >= 15 is 0 Å². The Balaban J connectivity index is 2.30. The maximum absolute atomic E-state index is 12.3. The zero-order valence-corrected chi connectivity index (χ0v) is 15.5. The molecule has 0 aliphatic heterocycles. The molecule has 2 aromatic rings. The summed E-state index contributed by atoms with van der Waals surface area (Å²) >= 11 is 1.17. The van der Waals surface area contributed by atoms with Crippen molar-refractivity contribution in [2.45, 2.75) is 24.5 Å². The van der Waals surface area contributed by atoms with Crippen molar-refractivity contribution in [3.05, 3.63) is 46.4 Å². The largest absolute Gasteiger partial charge is 0.573 e. The topological polar surface area (TPSA) is 98.1 Å². The van der Waals surface area contributed by atoms with E-state index in [4.69, 9.17) is 9.47 Å². The number of aliphatic hydroxyl groups excluding tert-OH is 1. The van der Waals surface area contributed by atoms with E-state index in [0.717, 1.165) is 12.1 Å². The fourth-order valence-corrected chi connectivity index (χ4v) is 3.02. The zero-order valence-electron chi connectivity index (χ0n) is 14.7. The van der Waals surface area contributed by atoms with Crippen molar-refractivity contribution in [1.29, 1.82) is 0 Å². The van der Waals surface area contributed by atoms with Crippen LogP contribution in [0.5, 0.6) is 5.75 Å². The van der Waals surface area contributed by atoms with E-state index in [0.29, 0.717) is 5.56 Å². The van der Waals surface area contributed by atoms with Crippen molar-refractivity contribution in [2.75, 3.05) is 20.3 Å². The standard InChI is InChI=1S/C17H18F3NO6S/c1-25-13(7-22)8-26-16(15(23)24,14-9-28-10-21-14)6-11-2-4-12(5-3-11)27-17(18,19)20/h2-5,9-10,13,22H,6-8H2,1H3,(H,23,24)/t13-,16?/m0/s1. The second kappa shape index (κ2) is 9.32. The van der Waals surface area contributed by atoms with Gasteiger partial charge in [0, 0.05) is 18.9 Å². The van der Waals surface area contributed by atoms with E-state index in [2.05, 4.69) is 9.72 Å². The Morgan fingerprint density at radius 1 is 1.29 bits per heavy atom. The van der Waals surface area contributed by atoms with Gasteiger partial charge >= 0.3 is 12.3 Å². The summed E-state index contributed by atoms with van der Waals surface area (Å²) in [6.07, 6.45) is -5.78. The monoisotopic (exact) mass is 421 g/mol. The van der Waals surface area contributed by atoms with Gasteiger partial charge in [-0.05, 0) is 17.7 Å². The molecule has 11 heteroatoms. The Morgan fingerprint density at radius 2 is 1.96 bits per heavy atom. The average molecular weight is 421 g/mol. The molecule has 28 heavy (non-hydrogen) atoms. The number of carboxylic acids is 1. The number of benzene rings is 1. The number of nitrogens with zero attached hydrogens (tertiary/aromatic N) is 1. The third-order valence-electron chi connectivity index (χ3n) is 3.85. The van der Waals surface area contributed by atoms with Crippen LogP contribution in [0.3, 0.4) is 0 Å². The molecule has 2 rings (SSSR count). The number of alkyl halides is 3. The van der Waals surface area contributed by atoms with Gasteiger partial charge in [0.05, 0.1) is 24.4 Å². The first-order valence-corrected chi connectivity index (χ1v) is 8.89. The molecule has 0 saturated heterocycles. The van der Waals surface area contributed by atoms with Gasteiger partial charge in [0.15, 0.2) is 0 Å². The Labute approximate surface area is 162 Å². The van der Waals surface area contributed by atoms with Crippen molar-refractivity contribution in [2.24, 2.45) is 0 Å². The lowest BCUT2D eigenvalue weighted by Crippen LogP contribution is -2.43. The summed E-state index contributed by atoms with van der Waals surface area (Å²) in [5.41, 5.74) is 0.0609. The zero-order chi connectivity index (χ0) is 20.8. The first-order chi connectivity index (χ1) is 13.2. The first kappa shape index (κ1) is 22.1. The highest BCUT2D eigenvalue weighted by Gasteiger charge is 2.44. The molecule has 0 fully saturated rings. The molecule has 154 valence electrons. The Bertz CT molecular complexity index is 749. The van der Waals surface area contributed by atoms with Crippen LogP contribution in [0.2, 0.25) is 0 Å². The summed E-state index contributed by atoms with van der Waals surface area (Å²) in [7, 11) is 1.34. The van der Waals surface area contributed by atoms with Crippen LogP contribution in [0.25, 0.3) is 0 Å². The molecule has 1 heterocycles. The number of hydrogen-bond donors (Lipinski definition) is 2. The Kier molecular flexibility index (Phi) is 7.35. The van der Waals surface area contributed by atoms with Crippen LogP contribution < -0.4 is 4.74 Å². The molecule has 2 N–H and O–H groups in total. The number of methoxy groups -OCH3 is 1. The van der Waals surface area contributed by atoms with Crippen molar-refractivity contribution < 1.29 is 42.4 Å². The predicted octanol–water partition coefficient (Wildman–Crippen LogP) is 2.59. The summed E-state index contributed by atoms with van der Waals surface area (Å²) < 4.78 is 51.3. The first-order valence-electron chi connectivity index (χ1n) is 7.94. The minimum Gasteiger partial charge on any atom is -0.479 e. The quantitative estimate of drug-likeness (QED) is 0.609. The minimum absolute atomic E-state index is 0.133. The van der Waals surface area contributed by atoms with Crippen LogP contribution in [-0.4, -0.2) is 54.0 Å². The van der Waals surface area contributed by atoms with Crippen LogP contribution in [0.15, 0.2) is 35.2 Å². The fraction of sp³-hybridized carbons (Fsp3) is 0.412.